The second kappa shape index (κ2) is 5.72. The monoisotopic (exact) mass is 277 g/mol. The molecule has 3 heteroatoms. The van der Waals surface area contributed by atoms with Gasteiger partial charge in [-0.25, -0.2) is 4.39 Å². The van der Waals surface area contributed by atoms with Crippen molar-refractivity contribution in [2.24, 2.45) is 11.7 Å². The van der Waals surface area contributed by atoms with Gasteiger partial charge in [0.25, 0.3) is 0 Å². The Balaban J connectivity index is 0.00000133. The minimum Gasteiger partial charge on any atom is -0.324 e. The molecule has 0 radical (unpaired) electrons. The average Bonchev–Trinajstić information content (AvgIpc) is 3.20. The zero-order chi connectivity index (χ0) is 12.5. The number of halogens is 2. The lowest BCUT2D eigenvalue weighted by Gasteiger charge is -2.11. The third kappa shape index (κ3) is 2.96. The molecule has 1 aliphatic rings. The van der Waals surface area contributed by atoms with Gasteiger partial charge in [-0.2, -0.15) is 0 Å². The molecule has 0 spiro atoms. The van der Waals surface area contributed by atoms with Gasteiger partial charge in [0.15, 0.2) is 0 Å². The van der Waals surface area contributed by atoms with Crippen LogP contribution in [0.3, 0.4) is 0 Å². The smallest absolute Gasteiger partial charge is 0.123 e. The summed E-state index contributed by atoms with van der Waals surface area (Å²) in [5.41, 5.74) is 8.64. The van der Waals surface area contributed by atoms with Crippen molar-refractivity contribution in [3.05, 3.63) is 71.5 Å². The molecule has 2 aromatic carbocycles. The Morgan fingerprint density at radius 1 is 1.00 bits per heavy atom. The van der Waals surface area contributed by atoms with E-state index in [4.69, 9.17) is 5.73 Å². The van der Waals surface area contributed by atoms with E-state index in [1.165, 1.54) is 17.7 Å². The molecule has 2 aromatic rings. The first-order valence-electron chi connectivity index (χ1n) is 6.31. The van der Waals surface area contributed by atoms with Gasteiger partial charge in [-0.1, -0.05) is 42.5 Å². The predicted molar refractivity (Wildman–Crippen MR) is 77.9 cm³/mol. The first-order valence-corrected chi connectivity index (χ1v) is 6.31. The molecule has 1 nitrogen and oxygen atoms in total. The van der Waals surface area contributed by atoms with Crippen LogP contribution in [0, 0.1) is 11.7 Å². The van der Waals surface area contributed by atoms with E-state index >= 15 is 0 Å². The molecule has 2 N–H and O–H groups in total. The van der Waals surface area contributed by atoms with Crippen molar-refractivity contribution in [2.45, 2.75) is 18.4 Å². The molecule has 3 unspecified atom stereocenters. The highest BCUT2D eigenvalue weighted by Crippen LogP contribution is 2.53. The van der Waals surface area contributed by atoms with Crippen molar-refractivity contribution < 1.29 is 4.39 Å². The minimum absolute atomic E-state index is 0. The lowest BCUT2D eigenvalue weighted by molar-refractivity contribution is 0.604. The summed E-state index contributed by atoms with van der Waals surface area (Å²) in [5.74, 6) is 0.838. The molecule has 100 valence electrons. The highest BCUT2D eigenvalue weighted by Gasteiger charge is 2.42. The number of hydrogen-bond donors (Lipinski definition) is 1. The van der Waals surface area contributed by atoms with E-state index in [1.54, 1.807) is 12.1 Å². The number of rotatable bonds is 3. The Morgan fingerprint density at radius 3 is 2.26 bits per heavy atom. The lowest BCUT2D eigenvalue weighted by atomic mass is 10.00. The van der Waals surface area contributed by atoms with Crippen LogP contribution < -0.4 is 5.73 Å². The Bertz CT molecular complexity index is 526. The normalized spacial score (nSPS) is 22.4. The molecule has 0 bridgehead atoms. The fourth-order valence-corrected chi connectivity index (χ4v) is 2.63. The van der Waals surface area contributed by atoms with Gasteiger partial charge >= 0.3 is 0 Å². The second-order valence-corrected chi connectivity index (χ2v) is 4.99. The summed E-state index contributed by atoms with van der Waals surface area (Å²) < 4.78 is 12.9. The van der Waals surface area contributed by atoms with Crippen molar-refractivity contribution >= 4 is 12.4 Å². The summed E-state index contributed by atoms with van der Waals surface area (Å²) in [6.45, 7) is 0. The van der Waals surface area contributed by atoms with Gasteiger partial charge in [0.2, 0.25) is 0 Å². The second-order valence-electron chi connectivity index (χ2n) is 4.99. The van der Waals surface area contributed by atoms with Crippen LogP contribution in [0.1, 0.15) is 29.5 Å². The van der Waals surface area contributed by atoms with Crippen LogP contribution in [-0.4, -0.2) is 0 Å². The molecule has 0 aromatic heterocycles. The average molecular weight is 278 g/mol. The molecule has 3 atom stereocenters. The third-order valence-electron chi connectivity index (χ3n) is 3.78. The van der Waals surface area contributed by atoms with Gasteiger partial charge in [0, 0.05) is 6.04 Å². The largest absolute Gasteiger partial charge is 0.324 e. The molecule has 1 saturated carbocycles. The first kappa shape index (κ1) is 14.0. The predicted octanol–water partition coefficient (Wildman–Crippen LogP) is 4.05. The molecular weight excluding hydrogens is 261 g/mol. The zero-order valence-corrected chi connectivity index (χ0v) is 11.3. The molecule has 0 saturated heterocycles. The Morgan fingerprint density at radius 2 is 1.63 bits per heavy atom. The van der Waals surface area contributed by atoms with Crippen LogP contribution in [0.15, 0.2) is 54.6 Å². The molecule has 0 aliphatic heterocycles. The van der Waals surface area contributed by atoms with E-state index in [1.807, 2.05) is 6.07 Å². The Hall–Kier alpha value is -1.38. The van der Waals surface area contributed by atoms with Gasteiger partial charge in [-0.3, -0.25) is 0 Å². The topological polar surface area (TPSA) is 26.0 Å². The fraction of sp³-hybridized carbons (Fsp3) is 0.250. The SMILES string of the molecule is Cl.NC(c1ccc(F)cc1)C1CC1c1ccccc1. The molecule has 1 fully saturated rings. The summed E-state index contributed by atoms with van der Waals surface area (Å²) in [5, 5.41) is 0. The van der Waals surface area contributed by atoms with Gasteiger partial charge in [-0.05, 0) is 41.5 Å². The van der Waals surface area contributed by atoms with E-state index < -0.39 is 0 Å². The minimum atomic E-state index is -0.207. The van der Waals surface area contributed by atoms with Crippen molar-refractivity contribution in [2.75, 3.05) is 0 Å². The van der Waals surface area contributed by atoms with Crippen LogP contribution in [0.4, 0.5) is 4.39 Å². The summed E-state index contributed by atoms with van der Waals surface area (Å²) >= 11 is 0. The van der Waals surface area contributed by atoms with Crippen LogP contribution in [0.25, 0.3) is 0 Å². The van der Waals surface area contributed by atoms with Gasteiger partial charge in [0.1, 0.15) is 5.82 Å². The lowest BCUT2D eigenvalue weighted by Crippen LogP contribution is -2.13. The van der Waals surface area contributed by atoms with Crippen LogP contribution in [-0.2, 0) is 0 Å². The highest BCUT2D eigenvalue weighted by atomic mass is 35.5. The van der Waals surface area contributed by atoms with Crippen LogP contribution in [0.2, 0.25) is 0 Å². The van der Waals surface area contributed by atoms with Crippen molar-refractivity contribution in [1.29, 1.82) is 0 Å². The van der Waals surface area contributed by atoms with E-state index in [9.17, 15) is 4.39 Å². The maximum Gasteiger partial charge on any atom is 0.123 e. The van der Waals surface area contributed by atoms with E-state index in [0.29, 0.717) is 11.8 Å². The maximum atomic E-state index is 12.9. The molecule has 19 heavy (non-hydrogen) atoms. The summed E-state index contributed by atoms with van der Waals surface area (Å²) in [6.07, 6.45) is 1.13. The molecule has 0 heterocycles. The summed E-state index contributed by atoms with van der Waals surface area (Å²) in [6, 6.07) is 17.0. The van der Waals surface area contributed by atoms with Crippen molar-refractivity contribution in [3.8, 4) is 0 Å². The maximum absolute atomic E-state index is 12.9. The first-order chi connectivity index (χ1) is 8.75. The number of nitrogens with two attached hydrogens (primary N) is 1. The fourth-order valence-electron chi connectivity index (χ4n) is 2.63. The van der Waals surface area contributed by atoms with E-state index in [-0.39, 0.29) is 24.3 Å². The van der Waals surface area contributed by atoms with Crippen LogP contribution in [0.5, 0.6) is 0 Å². The Labute approximate surface area is 119 Å². The third-order valence-corrected chi connectivity index (χ3v) is 3.78. The number of benzene rings is 2. The van der Waals surface area contributed by atoms with Crippen LogP contribution >= 0.6 is 12.4 Å². The van der Waals surface area contributed by atoms with Gasteiger partial charge < -0.3 is 5.73 Å². The summed E-state index contributed by atoms with van der Waals surface area (Å²) in [4.78, 5) is 0. The molecule has 1 aliphatic carbocycles. The zero-order valence-electron chi connectivity index (χ0n) is 10.5. The summed E-state index contributed by atoms with van der Waals surface area (Å²) in [7, 11) is 0. The molecule has 3 rings (SSSR count). The van der Waals surface area contributed by atoms with Crippen molar-refractivity contribution in [3.63, 3.8) is 0 Å². The molecular formula is C16H17ClFN. The van der Waals surface area contributed by atoms with Crippen molar-refractivity contribution in [1.82, 2.24) is 0 Å². The molecule has 0 amide bonds. The number of hydrogen-bond acceptors (Lipinski definition) is 1. The van der Waals surface area contributed by atoms with Gasteiger partial charge in [-0.15, -0.1) is 12.4 Å². The highest BCUT2D eigenvalue weighted by molar-refractivity contribution is 5.85. The van der Waals surface area contributed by atoms with E-state index in [2.05, 4.69) is 24.3 Å². The van der Waals surface area contributed by atoms with Gasteiger partial charge in [0.05, 0.1) is 0 Å². The Kier molecular flexibility index (Phi) is 4.23. The standard InChI is InChI=1S/C16H16FN.ClH/c17-13-8-6-12(7-9-13)16(18)15-10-14(15)11-4-2-1-3-5-11;/h1-9,14-16H,10,18H2;1H. The van der Waals surface area contributed by atoms with E-state index in [0.717, 1.165) is 12.0 Å². The quantitative estimate of drug-likeness (QED) is 0.900.